The number of hydrogen-bond acceptors (Lipinski definition) is 4. The average Bonchev–Trinajstić information content (AvgIpc) is 2.59. The highest BCUT2D eigenvalue weighted by atomic mass is 35.5. The second-order valence-electron chi connectivity index (χ2n) is 6.72. The molecular formula is C18H22Cl2N2O4. The summed E-state index contributed by atoms with van der Waals surface area (Å²) in [7, 11) is 0. The van der Waals surface area contributed by atoms with Gasteiger partial charge in [-0.1, -0.05) is 37.0 Å². The molecule has 2 atom stereocenters. The van der Waals surface area contributed by atoms with Gasteiger partial charge in [-0.3, -0.25) is 14.4 Å². The number of carbonyl (C=O) groups is 3. The van der Waals surface area contributed by atoms with Gasteiger partial charge < -0.3 is 15.0 Å². The van der Waals surface area contributed by atoms with E-state index in [1.807, 2.05) is 0 Å². The first-order valence-electron chi connectivity index (χ1n) is 8.43. The number of nitrogens with one attached hydrogen (secondary N) is 1. The van der Waals surface area contributed by atoms with Crippen LogP contribution in [0, 0.1) is 11.8 Å². The van der Waals surface area contributed by atoms with Gasteiger partial charge in [0.2, 0.25) is 0 Å². The first kappa shape index (κ1) is 20.5. The van der Waals surface area contributed by atoms with Gasteiger partial charge in [-0.25, -0.2) is 0 Å². The first-order valence-corrected chi connectivity index (χ1v) is 9.18. The van der Waals surface area contributed by atoms with E-state index in [4.69, 9.17) is 27.9 Å². The maximum atomic E-state index is 12.2. The Hall–Kier alpha value is -1.79. The summed E-state index contributed by atoms with van der Waals surface area (Å²) in [5, 5.41) is 3.01. The molecule has 1 aromatic carbocycles. The van der Waals surface area contributed by atoms with E-state index in [9.17, 15) is 14.4 Å². The van der Waals surface area contributed by atoms with Gasteiger partial charge in [0, 0.05) is 18.7 Å². The predicted octanol–water partition coefficient (Wildman–Crippen LogP) is 2.77. The van der Waals surface area contributed by atoms with Crippen molar-refractivity contribution in [3.05, 3.63) is 33.8 Å². The molecule has 1 heterocycles. The van der Waals surface area contributed by atoms with Crippen molar-refractivity contribution in [1.82, 2.24) is 10.2 Å². The number of halogens is 2. The Morgan fingerprint density at radius 3 is 2.42 bits per heavy atom. The fourth-order valence-electron chi connectivity index (χ4n) is 3.04. The van der Waals surface area contributed by atoms with Crippen molar-refractivity contribution in [3.63, 3.8) is 0 Å². The number of benzene rings is 1. The van der Waals surface area contributed by atoms with E-state index in [-0.39, 0.29) is 29.6 Å². The Morgan fingerprint density at radius 2 is 1.81 bits per heavy atom. The Bertz CT molecular complexity index is 686. The lowest BCUT2D eigenvalue weighted by molar-refractivity contribution is -0.152. The molecule has 0 saturated carbocycles. The molecule has 0 aromatic heterocycles. The van der Waals surface area contributed by atoms with Crippen LogP contribution in [0.15, 0.2) is 18.2 Å². The molecule has 0 radical (unpaired) electrons. The van der Waals surface area contributed by atoms with E-state index in [2.05, 4.69) is 19.2 Å². The van der Waals surface area contributed by atoms with Crippen LogP contribution in [0.25, 0.3) is 0 Å². The van der Waals surface area contributed by atoms with Crippen molar-refractivity contribution in [2.75, 3.05) is 26.2 Å². The molecule has 142 valence electrons. The van der Waals surface area contributed by atoms with Gasteiger partial charge in [-0.15, -0.1) is 0 Å². The topological polar surface area (TPSA) is 75.7 Å². The highest BCUT2D eigenvalue weighted by Crippen LogP contribution is 2.22. The highest BCUT2D eigenvalue weighted by Gasteiger charge is 2.25. The molecule has 0 spiro atoms. The Morgan fingerprint density at radius 1 is 1.15 bits per heavy atom. The Labute approximate surface area is 162 Å². The van der Waals surface area contributed by atoms with Crippen LogP contribution in [-0.4, -0.2) is 48.9 Å². The molecule has 0 bridgehead atoms. The molecule has 1 fully saturated rings. The number of rotatable bonds is 5. The molecule has 26 heavy (non-hydrogen) atoms. The second kappa shape index (κ2) is 9.24. The third-order valence-electron chi connectivity index (χ3n) is 4.15. The van der Waals surface area contributed by atoms with E-state index in [1.54, 1.807) is 4.90 Å². The molecular weight excluding hydrogens is 379 g/mol. The number of amides is 2. The van der Waals surface area contributed by atoms with Crippen molar-refractivity contribution < 1.29 is 19.1 Å². The van der Waals surface area contributed by atoms with Crippen LogP contribution in [0.3, 0.4) is 0 Å². The summed E-state index contributed by atoms with van der Waals surface area (Å²) >= 11 is 11.6. The standard InChI is InChI=1S/C18H22Cl2N2O4/c1-11-5-12(2)9-22(8-11)16(23)10-26-17(24)7-21-18(25)13-3-4-14(19)15(20)6-13/h3-4,6,11-12H,5,7-10H2,1-2H3,(H,21,25)/t11-,12+. The lowest BCUT2D eigenvalue weighted by Gasteiger charge is -2.34. The van der Waals surface area contributed by atoms with Crippen LogP contribution in [0.4, 0.5) is 0 Å². The van der Waals surface area contributed by atoms with Gasteiger partial charge in [0.15, 0.2) is 6.61 Å². The maximum absolute atomic E-state index is 12.2. The van der Waals surface area contributed by atoms with E-state index in [1.165, 1.54) is 18.2 Å². The molecule has 0 unspecified atom stereocenters. The van der Waals surface area contributed by atoms with Crippen LogP contribution in [0.5, 0.6) is 0 Å². The summed E-state index contributed by atoms with van der Waals surface area (Å²) in [4.78, 5) is 37.6. The van der Waals surface area contributed by atoms with Crippen LogP contribution in [0.2, 0.25) is 10.0 Å². The van der Waals surface area contributed by atoms with Crippen molar-refractivity contribution in [2.24, 2.45) is 11.8 Å². The number of esters is 1. The Balaban J connectivity index is 1.75. The molecule has 0 aliphatic carbocycles. The molecule has 1 saturated heterocycles. The summed E-state index contributed by atoms with van der Waals surface area (Å²) in [6.45, 7) is 4.89. The zero-order valence-corrected chi connectivity index (χ0v) is 16.3. The molecule has 1 N–H and O–H groups in total. The molecule has 1 aliphatic heterocycles. The molecule has 1 aromatic rings. The molecule has 8 heteroatoms. The quantitative estimate of drug-likeness (QED) is 0.770. The van der Waals surface area contributed by atoms with Gasteiger partial charge in [0.05, 0.1) is 10.0 Å². The number of nitrogens with zero attached hydrogens (tertiary/aromatic N) is 1. The summed E-state index contributed by atoms with van der Waals surface area (Å²) < 4.78 is 4.96. The maximum Gasteiger partial charge on any atom is 0.325 e. The van der Waals surface area contributed by atoms with Gasteiger partial charge in [0.1, 0.15) is 6.54 Å². The van der Waals surface area contributed by atoms with Crippen LogP contribution in [0.1, 0.15) is 30.6 Å². The molecule has 2 rings (SSSR count). The monoisotopic (exact) mass is 400 g/mol. The summed E-state index contributed by atoms with van der Waals surface area (Å²) in [5.41, 5.74) is 0.277. The van der Waals surface area contributed by atoms with Crippen molar-refractivity contribution >= 4 is 41.0 Å². The number of carbonyl (C=O) groups excluding carboxylic acids is 3. The second-order valence-corrected chi connectivity index (χ2v) is 7.53. The molecule has 1 aliphatic rings. The minimum absolute atomic E-state index is 0.215. The first-order chi connectivity index (χ1) is 12.3. The molecule has 2 amide bonds. The Kier molecular flexibility index (Phi) is 7.29. The van der Waals surface area contributed by atoms with Crippen molar-refractivity contribution in [2.45, 2.75) is 20.3 Å². The van der Waals surface area contributed by atoms with E-state index < -0.39 is 11.9 Å². The largest absolute Gasteiger partial charge is 0.454 e. The minimum Gasteiger partial charge on any atom is -0.454 e. The number of piperidine rings is 1. The van der Waals surface area contributed by atoms with Gasteiger partial charge in [0.25, 0.3) is 11.8 Å². The van der Waals surface area contributed by atoms with Crippen molar-refractivity contribution in [3.8, 4) is 0 Å². The van der Waals surface area contributed by atoms with Crippen LogP contribution >= 0.6 is 23.2 Å². The zero-order valence-electron chi connectivity index (χ0n) is 14.8. The summed E-state index contributed by atoms with van der Waals surface area (Å²) in [6, 6.07) is 4.40. The SMILES string of the molecule is C[C@@H]1C[C@H](C)CN(C(=O)COC(=O)CNC(=O)c2ccc(Cl)c(Cl)c2)C1. The lowest BCUT2D eigenvalue weighted by atomic mass is 9.92. The van der Waals surface area contributed by atoms with Crippen LogP contribution in [-0.2, 0) is 14.3 Å². The van der Waals surface area contributed by atoms with E-state index in [0.717, 1.165) is 6.42 Å². The average molecular weight is 401 g/mol. The number of ether oxygens (including phenoxy) is 1. The summed E-state index contributed by atoms with van der Waals surface area (Å²) in [5.74, 6) is -0.504. The molecule has 6 nitrogen and oxygen atoms in total. The minimum atomic E-state index is -0.676. The van der Waals surface area contributed by atoms with Gasteiger partial charge in [-0.2, -0.15) is 0 Å². The smallest absolute Gasteiger partial charge is 0.325 e. The highest BCUT2D eigenvalue weighted by molar-refractivity contribution is 6.42. The predicted molar refractivity (Wildman–Crippen MR) is 99.3 cm³/mol. The van der Waals surface area contributed by atoms with Crippen LogP contribution < -0.4 is 5.32 Å². The van der Waals surface area contributed by atoms with Crippen molar-refractivity contribution in [1.29, 1.82) is 0 Å². The van der Waals surface area contributed by atoms with E-state index in [0.29, 0.717) is 29.9 Å². The zero-order chi connectivity index (χ0) is 19.3. The third kappa shape index (κ3) is 5.88. The normalized spacial score (nSPS) is 19.8. The number of likely N-dealkylation sites (tertiary alicyclic amines) is 1. The summed E-state index contributed by atoms with van der Waals surface area (Å²) in [6.07, 6.45) is 1.09. The number of hydrogen-bond donors (Lipinski definition) is 1. The third-order valence-corrected chi connectivity index (χ3v) is 4.89. The van der Waals surface area contributed by atoms with Gasteiger partial charge >= 0.3 is 5.97 Å². The fraction of sp³-hybridized carbons (Fsp3) is 0.500. The lowest BCUT2D eigenvalue weighted by Crippen LogP contribution is -2.44. The fourth-order valence-corrected chi connectivity index (χ4v) is 3.34. The van der Waals surface area contributed by atoms with Gasteiger partial charge in [-0.05, 0) is 36.5 Å². The van der Waals surface area contributed by atoms with E-state index >= 15 is 0 Å².